The van der Waals surface area contributed by atoms with Crippen LogP contribution in [0, 0.1) is 0 Å². The minimum absolute atomic E-state index is 0.231. The van der Waals surface area contributed by atoms with Crippen molar-refractivity contribution in [2.45, 2.75) is 12.5 Å². The first-order valence-corrected chi connectivity index (χ1v) is 3.43. The fraction of sp³-hybridized carbons (Fsp3) is 0.500. The number of carboxylic acid groups (broad SMARTS) is 1. The zero-order valence-corrected chi connectivity index (χ0v) is 6.69. The van der Waals surface area contributed by atoms with Crippen molar-refractivity contribution in [2.75, 3.05) is 5.75 Å². The molecular weight excluding hydrogens is 150 g/mol. The van der Waals surface area contributed by atoms with Crippen molar-refractivity contribution in [2.24, 2.45) is 0 Å². The summed E-state index contributed by atoms with van der Waals surface area (Å²) in [5.41, 5.74) is -0.995. The third-order valence-electron chi connectivity index (χ3n) is 1.21. The maximum absolute atomic E-state index is 10.5. The Balaban J connectivity index is 4.21. The Hall–Kier alpha value is -0.640. The summed E-state index contributed by atoms with van der Waals surface area (Å²) in [5, 5.41) is 11.2. The maximum atomic E-state index is 10.5. The number of carboxylic acids is 1. The molecule has 0 fully saturated rings. The minimum Gasteiger partial charge on any atom is -0.479 e. The van der Waals surface area contributed by atoms with Crippen molar-refractivity contribution in [3.8, 4) is 0 Å². The lowest BCUT2D eigenvalue weighted by Crippen LogP contribution is -2.48. The van der Waals surface area contributed by atoms with E-state index in [-0.39, 0.29) is 5.75 Å². The molecule has 0 aromatic carbocycles. The first kappa shape index (κ1) is 9.36. The highest BCUT2D eigenvalue weighted by atomic mass is 32.1. The summed E-state index contributed by atoms with van der Waals surface area (Å²) in [6.07, 6.45) is 1.35. The van der Waals surface area contributed by atoms with Gasteiger partial charge in [0, 0.05) is 5.75 Å². The quantitative estimate of drug-likeness (QED) is 0.526. The topological polar surface area (TPSA) is 49.3 Å². The van der Waals surface area contributed by atoms with Gasteiger partial charge in [0.2, 0.25) is 0 Å². The SMILES string of the molecule is C=CN[C@@](C)(CS)C(=O)O. The number of thiol groups is 1. The summed E-state index contributed by atoms with van der Waals surface area (Å²) >= 11 is 3.88. The molecule has 0 aliphatic heterocycles. The van der Waals surface area contributed by atoms with Crippen LogP contribution < -0.4 is 5.32 Å². The molecule has 1 atom stereocenters. The van der Waals surface area contributed by atoms with Gasteiger partial charge in [0.15, 0.2) is 0 Å². The Morgan fingerprint density at radius 2 is 2.50 bits per heavy atom. The van der Waals surface area contributed by atoms with Crippen LogP contribution in [0.15, 0.2) is 12.8 Å². The first-order valence-electron chi connectivity index (χ1n) is 2.79. The van der Waals surface area contributed by atoms with Crippen LogP contribution in [0.1, 0.15) is 6.92 Å². The van der Waals surface area contributed by atoms with Gasteiger partial charge < -0.3 is 10.4 Å². The number of hydrogen-bond acceptors (Lipinski definition) is 3. The molecule has 0 bridgehead atoms. The van der Waals surface area contributed by atoms with Crippen molar-refractivity contribution >= 4 is 18.6 Å². The molecule has 0 heterocycles. The van der Waals surface area contributed by atoms with E-state index in [1.807, 2.05) is 0 Å². The number of hydrogen-bond donors (Lipinski definition) is 3. The van der Waals surface area contributed by atoms with Crippen molar-refractivity contribution in [3.63, 3.8) is 0 Å². The van der Waals surface area contributed by atoms with Crippen LogP contribution in [0.4, 0.5) is 0 Å². The van der Waals surface area contributed by atoms with Gasteiger partial charge in [0.05, 0.1) is 0 Å². The zero-order chi connectivity index (χ0) is 8.20. The predicted molar refractivity (Wildman–Crippen MR) is 43.2 cm³/mol. The molecule has 0 aromatic heterocycles. The lowest BCUT2D eigenvalue weighted by Gasteiger charge is -2.22. The third kappa shape index (κ3) is 1.95. The smallest absolute Gasteiger partial charge is 0.329 e. The van der Waals surface area contributed by atoms with Gasteiger partial charge in [-0.25, -0.2) is 4.79 Å². The fourth-order valence-electron chi connectivity index (χ4n) is 0.400. The summed E-state index contributed by atoms with van der Waals surface area (Å²) in [4.78, 5) is 10.5. The molecule has 0 saturated heterocycles. The average molecular weight is 161 g/mol. The van der Waals surface area contributed by atoms with Crippen LogP contribution in [-0.2, 0) is 4.79 Å². The van der Waals surface area contributed by atoms with Crippen LogP contribution in [0.25, 0.3) is 0 Å². The molecule has 0 aliphatic carbocycles. The number of carbonyl (C=O) groups is 1. The number of rotatable bonds is 4. The van der Waals surface area contributed by atoms with Crippen LogP contribution in [0.3, 0.4) is 0 Å². The van der Waals surface area contributed by atoms with Crippen LogP contribution in [0.2, 0.25) is 0 Å². The van der Waals surface area contributed by atoms with E-state index in [2.05, 4.69) is 24.5 Å². The van der Waals surface area contributed by atoms with E-state index < -0.39 is 11.5 Å². The summed E-state index contributed by atoms with van der Waals surface area (Å²) < 4.78 is 0. The maximum Gasteiger partial charge on any atom is 0.329 e. The molecule has 0 rings (SSSR count). The van der Waals surface area contributed by atoms with Gasteiger partial charge in [0.25, 0.3) is 0 Å². The summed E-state index contributed by atoms with van der Waals surface area (Å²) in [7, 11) is 0. The standard InChI is InChI=1S/C6H11NO2S/c1-3-7-6(2,4-10)5(8)9/h3,7,10H,1,4H2,2H3,(H,8,9)/t6-/m0/s1. The molecule has 4 heteroatoms. The zero-order valence-electron chi connectivity index (χ0n) is 5.79. The summed E-state index contributed by atoms with van der Waals surface area (Å²) in [6, 6.07) is 0. The second-order valence-corrected chi connectivity index (χ2v) is 2.46. The van der Waals surface area contributed by atoms with Crippen molar-refractivity contribution in [1.29, 1.82) is 0 Å². The summed E-state index contributed by atoms with van der Waals surface area (Å²) in [5.74, 6) is -0.698. The van der Waals surface area contributed by atoms with Crippen LogP contribution in [-0.4, -0.2) is 22.4 Å². The van der Waals surface area contributed by atoms with E-state index in [0.717, 1.165) is 0 Å². The Morgan fingerprint density at radius 3 is 2.60 bits per heavy atom. The Bertz CT molecular complexity index is 149. The van der Waals surface area contributed by atoms with Crippen molar-refractivity contribution < 1.29 is 9.90 Å². The van der Waals surface area contributed by atoms with Gasteiger partial charge in [-0.2, -0.15) is 12.6 Å². The second kappa shape index (κ2) is 3.51. The Morgan fingerprint density at radius 1 is 2.00 bits per heavy atom. The molecule has 10 heavy (non-hydrogen) atoms. The first-order chi connectivity index (χ1) is 4.56. The monoisotopic (exact) mass is 161 g/mol. The van der Waals surface area contributed by atoms with E-state index in [1.54, 1.807) is 6.92 Å². The van der Waals surface area contributed by atoms with Gasteiger partial charge in [-0.05, 0) is 13.1 Å². The van der Waals surface area contributed by atoms with E-state index in [9.17, 15) is 4.79 Å². The molecule has 0 spiro atoms. The van der Waals surface area contributed by atoms with E-state index in [1.165, 1.54) is 6.20 Å². The second-order valence-electron chi connectivity index (χ2n) is 2.14. The predicted octanol–water partition coefficient (Wildman–Crippen LogP) is 0.493. The van der Waals surface area contributed by atoms with E-state index in [0.29, 0.717) is 0 Å². The van der Waals surface area contributed by atoms with Crippen molar-refractivity contribution in [1.82, 2.24) is 5.32 Å². The van der Waals surface area contributed by atoms with E-state index in [4.69, 9.17) is 5.11 Å². The minimum atomic E-state index is -0.995. The third-order valence-corrected chi connectivity index (χ3v) is 1.84. The molecule has 3 nitrogen and oxygen atoms in total. The van der Waals surface area contributed by atoms with Crippen LogP contribution >= 0.6 is 12.6 Å². The lowest BCUT2D eigenvalue weighted by atomic mass is 10.1. The van der Waals surface area contributed by atoms with Gasteiger partial charge in [-0.15, -0.1) is 0 Å². The number of nitrogens with one attached hydrogen (secondary N) is 1. The average Bonchev–Trinajstić information content (AvgIpc) is 1.88. The largest absolute Gasteiger partial charge is 0.479 e. The molecule has 0 aromatic rings. The molecule has 0 aliphatic rings. The molecule has 2 N–H and O–H groups in total. The Labute approximate surface area is 65.5 Å². The molecule has 58 valence electrons. The molecule has 0 radical (unpaired) electrons. The van der Waals surface area contributed by atoms with Crippen LogP contribution in [0.5, 0.6) is 0 Å². The number of aliphatic carboxylic acids is 1. The van der Waals surface area contributed by atoms with Gasteiger partial charge >= 0.3 is 5.97 Å². The van der Waals surface area contributed by atoms with Crippen molar-refractivity contribution in [3.05, 3.63) is 12.8 Å². The van der Waals surface area contributed by atoms with Gasteiger partial charge in [-0.3, -0.25) is 0 Å². The molecule has 0 unspecified atom stereocenters. The highest BCUT2D eigenvalue weighted by molar-refractivity contribution is 7.80. The molecular formula is C6H11NO2S. The Kier molecular flexibility index (Phi) is 3.28. The highest BCUT2D eigenvalue weighted by Crippen LogP contribution is 2.05. The normalized spacial score (nSPS) is 15.4. The molecule has 0 amide bonds. The summed E-state index contributed by atoms with van der Waals surface area (Å²) in [6.45, 7) is 4.91. The fourth-order valence-corrected chi connectivity index (χ4v) is 0.627. The van der Waals surface area contributed by atoms with Gasteiger partial charge in [0.1, 0.15) is 5.54 Å². The lowest BCUT2D eigenvalue weighted by molar-refractivity contribution is -0.142. The van der Waals surface area contributed by atoms with Gasteiger partial charge in [-0.1, -0.05) is 6.58 Å². The molecule has 0 saturated carbocycles. The van der Waals surface area contributed by atoms with E-state index >= 15 is 0 Å². The highest BCUT2D eigenvalue weighted by Gasteiger charge is 2.29.